The van der Waals surface area contributed by atoms with Gasteiger partial charge in [0.25, 0.3) is 0 Å². The molecule has 0 heterocycles. The maximum Gasteiger partial charge on any atom is 0.243 e. The number of likely N-dealkylation sites (N-methyl/N-ethyl adjacent to an activating group) is 1. The number of hydrogen-bond donors (Lipinski definition) is 1. The molecule has 1 N–H and O–H groups in total. The Labute approximate surface area is 96.1 Å². The van der Waals surface area contributed by atoms with Crippen molar-refractivity contribution in [2.45, 2.75) is 13.8 Å². The molecular formula is C13H17NO2. The SMILES string of the molecule is CCNC(=O)/C=C\c1ccc(OCC)cc1. The molecule has 1 amide bonds. The van der Waals surface area contributed by atoms with E-state index in [1.54, 1.807) is 6.08 Å². The van der Waals surface area contributed by atoms with Crippen LogP contribution >= 0.6 is 0 Å². The summed E-state index contributed by atoms with van der Waals surface area (Å²) in [5.74, 6) is 0.772. The van der Waals surface area contributed by atoms with Gasteiger partial charge in [-0.3, -0.25) is 4.79 Å². The zero-order valence-corrected chi connectivity index (χ0v) is 9.69. The Hall–Kier alpha value is -1.77. The highest BCUT2D eigenvalue weighted by atomic mass is 16.5. The second kappa shape index (κ2) is 6.67. The number of carbonyl (C=O) groups excluding carboxylic acids is 1. The van der Waals surface area contributed by atoms with Crippen molar-refractivity contribution in [1.82, 2.24) is 5.32 Å². The molecule has 0 saturated heterocycles. The number of benzene rings is 1. The highest BCUT2D eigenvalue weighted by Gasteiger charge is 1.93. The smallest absolute Gasteiger partial charge is 0.243 e. The largest absolute Gasteiger partial charge is 0.494 e. The second-order valence-corrected chi connectivity index (χ2v) is 3.23. The van der Waals surface area contributed by atoms with Crippen molar-refractivity contribution >= 4 is 12.0 Å². The van der Waals surface area contributed by atoms with Crippen LogP contribution in [0.4, 0.5) is 0 Å². The van der Waals surface area contributed by atoms with Crippen LogP contribution in [-0.4, -0.2) is 19.1 Å². The fourth-order valence-electron chi connectivity index (χ4n) is 1.25. The van der Waals surface area contributed by atoms with Gasteiger partial charge in [-0.15, -0.1) is 0 Å². The van der Waals surface area contributed by atoms with E-state index in [0.717, 1.165) is 11.3 Å². The Bertz CT molecular complexity index is 355. The van der Waals surface area contributed by atoms with Gasteiger partial charge in [0.15, 0.2) is 0 Å². The average Bonchev–Trinajstić information content (AvgIpc) is 2.29. The minimum atomic E-state index is -0.0728. The summed E-state index contributed by atoms with van der Waals surface area (Å²) in [7, 11) is 0. The van der Waals surface area contributed by atoms with Crippen LogP contribution in [0.3, 0.4) is 0 Å². The number of nitrogens with one attached hydrogen (secondary N) is 1. The maximum atomic E-state index is 11.2. The van der Waals surface area contributed by atoms with Crippen molar-refractivity contribution in [1.29, 1.82) is 0 Å². The van der Waals surface area contributed by atoms with E-state index in [1.807, 2.05) is 38.1 Å². The zero-order chi connectivity index (χ0) is 11.8. The fraction of sp³-hybridized carbons (Fsp3) is 0.308. The molecule has 0 radical (unpaired) electrons. The Kier molecular flexibility index (Phi) is 5.12. The van der Waals surface area contributed by atoms with E-state index in [9.17, 15) is 4.79 Å². The molecule has 3 nitrogen and oxygen atoms in total. The highest BCUT2D eigenvalue weighted by Crippen LogP contribution is 2.12. The minimum Gasteiger partial charge on any atom is -0.494 e. The summed E-state index contributed by atoms with van der Waals surface area (Å²) in [6.07, 6.45) is 3.31. The number of hydrogen-bond acceptors (Lipinski definition) is 2. The van der Waals surface area contributed by atoms with Crippen molar-refractivity contribution in [3.8, 4) is 5.75 Å². The molecule has 0 fully saturated rings. The molecule has 0 saturated carbocycles. The Morgan fingerprint density at radius 1 is 1.31 bits per heavy atom. The van der Waals surface area contributed by atoms with Gasteiger partial charge in [-0.2, -0.15) is 0 Å². The fourth-order valence-corrected chi connectivity index (χ4v) is 1.25. The summed E-state index contributed by atoms with van der Waals surface area (Å²) >= 11 is 0. The molecule has 0 aliphatic rings. The van der Waals surface area contributed by atoms with Crippen molar-refractivity contribution in [2.75, 3.05) is 13.2 Å². The monoisotopic (exact) mass is 219 g/mol. The van der Waals surface area contributed by atoms with Crippen molar-refractivity contribution in [2.24, 2.45) is 0 Å². The molecule has 0 aliphatic carbocycles. The lowest BCUT2D eigenvalue weighted by molar-refractivity contribution is -0.116. The standard InChI is InChI=1S/C13H17NO2/c1-3-14-13(15)10-7-11-5-8-12(9-6-11)16-4-2/h5-10H,3-4H2,1-2H3,(H,14,15)/b10-7-. The molecule has 86 valence electrons. The molecule has 16 heavy (non-hydrogen) atoms. The number of carbonyl (C=O) groups is 1. The third-order valence-corrected chi connectivity index (χ3v) is 1.97. The predicted molar refractivity (Wildman–Crippen MR) is 65.3 cm³/mol. The molecule has 1 rings (SSSR count). The second-order valence-electron chi connectivity index (χ2n) is 3.23. The first-order chi connectivity index (χ1) is 7.76. The topological polar surface area (TPSA) is 38.3 Å². The van der Waals surface area contributed by atoms with E-state index < -0.39 is 0 Å². The Morgan fingerprint density at radius 2 is 2.00 bits per heavy atom. The summed E-state index contributed by atoms with van der Waals surface area (Å²) in [4.78, 5) is 11.2. The average molecular weight is 219 g/mol. The van der Waals surface area contributed by atoms with Crippen molar-refractivity contribution < 1.29 is 9.53 Å². The quantitative estimate of drug-likeness (QED) is 0.771. The number of amides is 1. The van der Waals surface area contributed by atoms with Gasteiger partial charge >= 0.3 is 0 Å². The molecule has 0 bridgehead atoms. The number of rotatable bonds is 5. The lowest BCUT2D eigenvalue weighted by Gasteiger charge is -2.02. The van der Waals surface area contributed by atoms with Crippen LogP contribution in [0.2, 0.25) is 0 Å². The van der Waals surface area contributed by atoms with Crippen molar-refractivity contribution in [3.63, 3.8) is 0 Å². The van der Waals surface area contributed by atoms with Crippen LogP contribution in [0.1, 0.15) is 19.4 Å². The normalized spacial score (nSPS) is 10.4. The Morgan fingerprint density at radius 3 is 2.56 bits per heavy atom. The van der Waals surface area contributed by atoms with Gasteiger partial charge in [0, 0.05) is 12.6 Å². The zero-order valence-electron chi connectivity index (χ0n) is 9.69. The molecule has 0 atom stereocenters. The summed E-state index contributed by atoms with van der Waals surface area (Å²) in [6, 6.07) is 7.61. The minimum absolute atomic E-state index is 0.0728. The molecule has 1 aromatic rings. The molecule has 0 aliphatic heterocycles. The third kappa shape index (κ3) is 4.17. The molecule has 3 heteroatoms. The highest BCUT2D eigenvalue weighted by molar-refractivity contribution is 5.91. The number of ether oxygens (including phenoxy) is 1. The summed E-state index contributed by atoms with van der Waals surface area (Å²) in [5.41, 5.74) is 0.981. The Balaban J connectivity index is 2.57. The van der Waals surface area contributed by atoms with E-state index in [-0.39, 0.29) is 5.91 Å². The van der Waals surface area contributed by atoms with E-state index in [2.05, 4.69) is 5.32 Å². The van der Waals surface area contributed by atoms with Gasteiger partial charge in [0.05, 0.1) is 6.61 Å². The van der Waals surface area contributed by atoms with Crippen LogP contribution in [-0.2, 0) is 4.79 Å². The van der Waals surface area contributed by atoms with Crippen LogP contribution in [0, 0.1) is 0 Å². The van der Waals surface area contributed by atoms with Gasteiger partial charge in [0.1, 0.15) is 5.75 Å². The van der Waals surface area contributed by atoms with E-state index in [1.165, 1.54) is 6.08 Å². The molecule has 1 aromatic carbocycles. The molecular weight excluding hydrogens is 202 g/mol. The van der Waals surface area contributed by atoms with E-state index in [4.69, 9.17) is 4.74 Å². The van der Waals surface area contributed by atoms with Gasteiger partial charge in [-0.1, -0.05) is 12.1 Å². The van der Waals surface area contributed by atoms with Gasteiger partial charge in [-0.25, -0.2) is 0 Å². The summed E-state index contributed by atoms with van der Waals surface area (Å²) in [5, 5.41) is 2.70. The van der Waals surface area contributed by atoms with Gasteiger partial charge < -0.3 is 10.1 Å². The van der Waals surface area contributed by atoms with E-state index in [0.29, 0.717) is 13.2 Å². The van der Waals surface area contributed by atoms with Gasteiger partial charge in [0.2, 0.25) is 5.91 Å². The van der Waals surface area contributed by atoms with Crippen molar-refractivity contribution in [3.05, 3.63) is 35.9 Å². The summed E-state index contributed by atoms with van der Waals surface area (Å²) < 4.78 is 5.32. The first kappa shape index (κ1) is 12.3. The van der Waals surface area contributed by atoms with Crippen LogP contribution in [0.5, 0.6) is 5.75 Å². The van der Waals surface area contributed by atoms with Gasteiger partial charge in [-0.05, 0) is 37.6 Å². The third-order valence-electron chi connectivity index (χ3n) is 1.97. The predicted octanol–water partition coefficient (Wildman–Crippen LogP) is 2.23. The first-order valence-electron chi connectivity index (χ1n) is 5.45. The lowest BCUT2D eigenvalue weighted by atomic mass is 10.2. The van der Waals surface area contributed by atoms with Crippen LogP contribution < -0.4 is 10.1 Å². The molecule has 0 aromatic heterocycles. The maximum absolute atomic E-state index is 11.2. The summed E-state index contributed by atoms with van der Waals surface area (Å²) in [6.45, 7) is 5.14. The van der Waals surface area contributed by atoms with E-state index >= 15 is 0 Å². The van der Waals surface area contributed by atoms with Crippen LogP contribution in [0.25, 0.3) is 6.08 Å². The lowest BCUT2D eigenvalue weighted by Crippen LogP contribution is -2.19. The molecule has 0 unspecified atom stereocenters. The molecule has 0 spiro atoms. The first-order valence-corrected chi connectivity index (χ1v) is 5.45. The van der Waals surface area contributed by atoms with Crippen LogP contribution in [0.15, 0.2) is 30.3 Å².